The van der Waals surface area contributed by atoms with Gasteiger partial charge in [-0.2, -0.15) is 0 Å². The summed E-state index contributed by atoms with van der Waals surface area (Å²) in [6, 6.07) is 12.1. The minimum absolute atomic E-state index is 0.230. The van der Waals surface area contributed by atoms with E-state index in [2.05, 4.69) is 15.9 Å². The predicted octanol–water partition coefficient (Wildman–Crippen LogP) is 3.94. The Morgan fingerprint density at radius 1 is 1.06 bits per heavy atom. The summed E-state index contributed by atoms with van der Waals surface area (Å²) in [6.45, 7) is 2.02. The number of hydrogen-bond acceptors (Lipinski definition) is 1. The van der Waals surface area contributed by atoms with E-state index >= 15 is 0 Å². The first-order valence-electron chi connectivity index (χ1n) is 5.34. The van der Waals surface area contributed by atoms with Crippen LogP contribution in [0.25, 0.3) is 0 Å². The number of rotatable bonds is 2. The molecular weight excluding hydrogens is 281 g/mol. The van der Waals surface area contributed by atoms with E-state index in [9.17, 15) is 4.39 Å². The van der Waals surface area contributed by atoms with Gasteiger partial charge in [0.25, 0.3) is 0 Å². The first-order chi connectivity index (χ1) is 8.06. The normalized spacial score (nSPS) is 12.5. The molecule has 1 nitrogen and oxygen atoms in total. The zero-order chi connectivity index (χ0) is 12.4. The van der Waals surface area contributed by atoms with Crippen LogP contribution in [-0.2, 0) is 0 Å². The molecule has 0 aromatic heterocycles. The summed E-state index contributed by atoms with van der Waals surface area (Å²) >= 11 is 3.45. The maximum Gasteiger partial charge on any atom is 0.123 e. The molecule has 2 aromatic carbocycles. The third-order valence-electron chi connectivity index (χ3n) is 2.65. The molecule has 88 valence electrons. The van der Waals surface area contributed by atoms with Crippen molar-refractivity contribution in [3.8, 4) is 0 Å². The van der Waals surface area contributed by atoms with Crippen LogP contribution in [0.2, 0.25) is 0 Å². The fourth-order valence-corrected chi connectivity index (χ4v) is 2.43. The van der Waals surface area contributed by atoms with Crippen molar-refractivity contribution < 1.29 is 4.39 Å². The number of aryl methyl sites for hydroxylation is 1. The van der Waals surface area contributed by atoms with E-state index in [1.54, 1.807) is 12.1 Å². The molecule has 0 heterocycles. The lowest BCUT2D eigenvalue weighted by molar-refractivity contribution is 0.626. The second-order valence-corrected chi connectivity index (χ2v) is 5.01. The first kappa shape index (κ1) is 12.3. The van der Waals surface area contributed by atoms with Gasteiger partial charge in [-0.3, -0.25) is 0 Å². The summed E-state index contributed by atoms with van der Waals surface area (Å²) in [5, 5.41) is 0. The molecule has 0 saturated carbocycles. The molecular formula is C14H13BrFN. The zero-order valence-corrected chi connectivity index (χ0v) is 11.0. The predicted molar refractivity (Wildman–Crippen MR) is 71.3 cm³/mol. The highest BCUT2D eigenvalue weighted by Crippen LogP contribution is 2.24. The Balaban J connectivity index is 2.36. The van der Waals surface area contributed by atoms with E-state index in [1.807, 2.05) is 25.1 Å². The summed E-state index contributed by atoms with van der Waals surface area (Å²) in [6.07, 6.45) is 0. The summed E-state index contributed by atoms with van der Waals surface area (Å²) in [7, 11) is 0. The molecule has 0 bridgehead atoms. The van der Waals surface area contributed by atoms with Crippen molar-refractivity contribution in [3.63, 3.8) is 0 Å². The van der Waals surface area contributed by atoms with Crippen LogP contribution in [0.1, 0.15) is 22.7 Å². The van der Waals surface area contributed by atoms with Crippen LogP contribution in [0.5, 0.6) is 0 Å². The van der Waals surface area contributed by atoms with E-state index in [4.69, 9.17) is 5.73 Å². The van der Waals surface area contributed by atoms with Crippen LogP contribution in [0.3, 0.4) is 0 Å². The Morgan fingerprint density at radius 2 is 1.71 bits per heavy atom. The second kappa shape index (κ2) is 4.98. The molecule has 0 radical (unpaired) electrons. The van der Waals surface area contributed by atoms with E-state index in [1.165, 1.54) is 12.1 Å². The van der Waals surface area contributed by atoms with Crippen molar-refractivity contribution in [2.45, 2.75) is 13.0 Å². The average Bonchev–Trinajstić information content (AvgIpc) is 2.28. The Hall–Kier alpha value is -1.19. The van der Waals surface area contributed by atoms with Gasteiger partial charge in [0.2, 0.25) is 0 Å². The van der Waals surface area contributed by atoms with Gasteiger partial charge in [-0.15, -0.1) is 0 Å². The average molecular weight is 294 g/mol. The van der Waals surface area contributed by atoms with Gasteiger partial charge in [0.15, 0.2) is 0 Å². The lowest BCUT2D eigenvalue weighted by Gasteiger charge is -2.13. The lowest BCUT2D eigenvalue weighted by Crippen LogP contribution is -2.12. The quantitative estimate of drug-likeness (QED) is 0.892. The van der Waals surface area contributed by atoms with Gasteiger partial charge in [0.05, 0.1) is 6.04 Å². The van der Waals surface area contributed by atoms with Gasteiger partial charge in [-0.25, -0.2) is 4.39 Å². The van der Waals surface area contributed by atoms with Crippen molar-refractivity contribution in [1.29, 1.82) is 0 Å². The van der Waals surface area contributed by atoms with Crippen LogP contribution in [0.4, 0.5) is 4.39 Å². The van der Waals surface area contributed by atoms with Crippen LogP contribution in [0.15, 0.2) is 46.9 Å². The second-order valence-electron chi connectivity index (χ2n) is 4.09. The molecule has 3 heteroatoms. The van der Waals surface area contributed by atoms with E-state index in [0.717, 1.165) is 21.2 Å². The molecule has 17 heavy (non-hydrogen) atoms. The van der Waals surface area contributed by atoms with Gasteiger partial charge in [-0.1, -0.05) is 34.1 Å². The van der Waals surface area contributed by atoms with Crippen molar-refractivity contribution in [2.24, 2.45) is 5.73 Å². The maximum atomic E-state index is 12.8. The molecule has 2 rings (SSSR count). The van der Waals surface area contributed by atoms with Gasteiger partial charge >= 0.3 is 0 Å². The first-order valence-corrected chi connectivity index (χ1v) is 6.14. The Morgan fingerprint density at radius 3 is 2.29 bits per heavy atom. The fraction of sp³-hybridized carbons (Fsp3) is 0.143. The molecule has 0 fully saturated rings. The highest BCUT2D eigenvalue weighted by molar-refractivity contribution is 9.10. The summed E-state index contributed by atoms with van der Waals surface area (Å²) < 4.78 is 13.8. The summed E-state index contributed by atoms with van der Waals surface area (Å²) in [5.74, 6) is -0.244. The highest BCUT2D eigenvalue weighted by atomic mass is 79.9. The molecule has 0 amide bonds. The molecule has 1 unspecified atom stereocenters. The van der Waals surface area contributed by atoms with E-state index < -0.39 is 0 Å². The van der Waals surface area contributed by atoms with Crippen molar-refractivity contribution in [3.05, 3.63) is 69.4 Å². The summed E-state index contributed by atoms with van der Waals surface area (Å²) in [5.41, 5.74) is 9.23. The molecule has 2 aromatic rings. The highest BCUT2D eigenvalue weighted by Gasteiger charge is 2.09. The number of benzene rings is 2. The molecule has 0 aliphatic heterocycles. The number of halogens is 2. The van der Waals surface area contributed by atoms with Crippen LogP contribution < -0.4 is 5.73 Å². The van der Waals surface area contributed by atoms with Crippen LogP contribution in [0, 0.1) is 12.7 Å². The molecule has 0 aliphatic rings. The standard InChI is InChI=1S/C14H13BrFN/c1-9-6-11(8-12(15)7-9)14(17)10-2-4-13(16)5-3-10/h2-8,14H,17H2,1H3. The SMILES string of the molecule is Cc1cc(Br)cc(C(N)c2ccc(F)cc2)c1. The van der Waals surface area contributed by atoms with E-state index in [0.29, 0.717) is 0 Å². The van der Waals surface area contributed by atoms with Crippen molar-refractivity contribution in [2.75, 3.05) is 0 Å². The minimum atomic E-state index is -0.244. The van der Waals surface area contributed by atoms with Gasteiger partial charge in [0, 0.05) is 4.47 Å². The number of nitrogens with two attached hydrogens (primary N) is 1. The third-order valence-corrected chi connectivity index (χ3v) is 3.11. The smallest absolute Gasteiger partial charge is 0.123 e. The molecule has 0 aliphatic carbocycles. The van der Waals surface area contributed by atoms with Gasteiger partial charge in [-0.05, 0) is 47.9 Å². The largest absolute Gasteiger partial charge is 0.320 e. The monoisotopic (exact) mass is 293 g/mol. The molecule has 0 saturated heterocycles. The minimum Gasteiger partial charge on any atom is -0.320 e. The molecule has 2 N–H and O–H groups in total. The Bertz CT molecular complexity index is 502. The van der Waals surface area contributed by atoms with Crippen LogP contribution >= 0.6 is 15.9 Å². The van der Waals surface area contributed by atoms with Gasteiger partial charge in [0.1, 0.15) is 5.82 Å². The molecule has 1 atom stereocenters. The fourth-order valence-electron chi connectivity index (χ4n) is 1.81. The third kappa shape index (κ3) is 2.93. The topological polar surface area (TPSA) is 26.0 Å². The Kier molecular flexibility index (Phi) is 3.60. The van der Waals surface area contributed by atoms with Crippen molar-refractivity contribution in [1.82, 2.24) is 0 Å². The van der Waals surface area contributed by atoms with Gasteiger partial charge < -0.3 is 5.73 Å². The number of hydrogen-bond donors (Lipinski definition) is 1. The Labute approximate surface area is 109 Å². The maximum absolute atomic E-state index is 12.8. The zero-order valence-electron chi connectivity index (χ0n) is 9.45. The van der Waals surface area contributed by atoms with E-state index in [-0.39, 0.29) is 11.9 Å². The van der Waals surface area contributed by atoms with Crippen molar-refractivity contribution >= 4 is 15.9 Å². The van der Waals surface area contributed by atoms with Crippen LogP contribution in [-0.4, -0.2) is 0 Å². The molecule has 0 spiro atoms. The summed E-state index contributed by atoms with van der Waals surface area (Å²) in [4.78, 5) is 0. The lowest BCUT2D eigenvalue weighted by atomic mass is 9.98.